The lowest BCUT2D eigenvalue weighted by atomic mass is 10.2. The largest absolute Gasteiger partial charge is 0.494 e. The first-order valence-corrected chi connectivity index (χ1v) is 11.7. The highest BCUT2D eigenvalue weighted by Gasteiger charge is 2.23. The second-order valence-corrected chi connectivity index (χ2v) is 8.84. The van der Waals surface area contributed by atoms with Gasteiger partial charge < -0.3 is 14.8 Å². The van der Waals surface area contributed by atoms with Crippen LogP contribution in [0.15, 0.2) is 87.2 Å². The van der Waals surface area contributed by atoms with Crippen LogP contribution < -0.4 is 14.8 Å². The normalized spacial score (nSPS) is 15.8. The van der Waals surface area contributed by atoms with Crippen molar-refractivity contribution in [3.8, 4) is 11.5 Å². The number of amidine groups is 1. The minimum Gasteiger partial charge on any atom is -0.494 e. The molecule has 1 amide bonds. The van der Waals surface area contributed by atoms with E-state index >= 15 is 0 Å². The van der Waals surface area contributed by atoms with Crippen LogP contribution in [0.25, 0.3) is 6.08 Å². The molecule has 3 aromatic rings. The number of nitrogens with one attached hydrogen (secondary N) is 1. The van der Waals surface area contributed by atoms with Crippen LogP contribution in [0.2, 0.25) is 0 Å². The monoisotopic (exact) mass is 508 g/mol. The molecule has 0 radical (unpaired) electrons. The molecule has 1 saturated heterocycles. The smallest absolute Gasteiger partial charge is 0.264 e. The third kappa shape index (κ3) is 6.02. The molecule has 1 N–H and O–H groups in total. The third-order valence-corrected chi connectivity index (χ3v) is 5.96. The van der Waals surface area contributed by atoms with Crippen LogP contribution in [-0.4, -0.2) is 17.7 Å². The zero-order chi connectivity index (χ0) is 22.3. The summed E-state index contributed by atoms with van der Waals surface area (Å²) in [5.41, 5.74) is 2.77. The van der Waals surface area contributed by atoms with Gasteiger partial charge in [0.15, 0.2) is 5.17 Å². The first kappa shape index (κ1) is 22.2. The molecular formula is C25H21BrN2O3S. The van der Waals surface area contributed by atoms with Gasteiger partial charge in [-0.25, -0.2) is 4.99 Å². The molecule has 1 aliphatic heterocycles. The van der Waals surface area contributed by atoms with Gasteiger partial charge in [-0.2, -0.15) is 0 Å². The predicted octanol–water partition coefficient (Wildman–Crippen LogP) is 6.32. The van der Waals surface area contributed by atoms with E-state index in [-0.39, 0.29) is 5.91 Å². The maximum atomic E-state index is 12.3. The van der Waals surface area contributed by atoms with E-state index < -0.39 is 0 Å². The van der Waals surface area contributed by atoms with Crippen LogP contribution >= 0.6 is 27.7 Å². The number of hydrogen-bond donors (Lipinski definition) is 1. The predicted molar refractivity (Wildman–Crippen MR) is 133 cm³/mol. The Kier molecular flexibility index (Phi) is 7.29. The number of benzene rings is 3. The molecule has 0 spiro atoms. The number of carbonyl (C=O) groups excluding carboxylic acids is 1. The molecule has 4 rings (SSSR count). The molecule has 0 aromatic heterocycles. The summed E-state index contributed by atoms with van der Waals surface area (Å²) in [4.78, 5) is 17.4. The maximum Gasteiger partial charge on any atom is 0.264 e. The molecule has 5 nitrogen and oxygen atoms in total. The first-order chi connectivity index (χ1) is 15.6. The van der Waals surface area contributed by atoms with Crippen molar-refractivity contribution < 1.29 is 14.3 Å². The van der Waals surface area contributed by atoms with Crippen LogP contribution in [0.1, 0.15) is 18.1 Å². The fourth-order valence-electron chi connectivity index (χ4n) is 2.94. The summed E-state index contributed by atoms with van der Waals surface area (Å²) in [5.74, 6) is 1.41. The van der Waals surface area contributed by atoms with Crippen molar-refractivity contribution >= 4 is 50.5 Å². The van der Waals surface area contributed by atoms with E-state index in [0.717, 1.165) is 32.8 Å². The third-order valence-electron chi connectivity index (χ3n) is 4.53. The second kappa shape index (κ2) is 10.5. The Morgan fingerprint density at radius 3 is 2.28 bits per heavy atom. The summed E-state index contributed by atoms with van der Waals surface area (Å²) in [6.07, 6.45) is 1.85. The molecule has 162 valence electrons. The van der Waals surface area contributed by atoms with Crippen LogP contribution in [0.4, 0.5) is 5.69 Å². The fourth-order valence-corrected chi connectivity index (χ4v) is 4.05. The number of aliphatic imine (C=N–C) groups is 1. The topological polar surface area (TPSA) is 59.9 Å². The van der Waals surface area contributed by atoms with Crippen LogP contribution in [0, 0.1) is 0 Å². The maximum absolute atomic E-state index is 12.3. The summed E-state index contributed by atoms with van der Waals surface area (Å²) >= 11 is 4.75. The lowest BCUT2D eigenvalue weighted by molar-refractivity contribution is -0.115. The molecule has 0 saturated carbocycles. The van der Waals surface area contributed by atoms with E-state index in [2.05, 4.69) is 26.2 Å². The molecule has 1 fully saturated rings. The van der Waals surface area contributed by atoms with E-state index in [0.29, 0.717) is 23.3 Å². The molecule has 0 atom stereocenters. The quantitative estimate of drug-likeness (QED) is 0.379. The van der Waals surface area contributed by atoms with Gasteiger partial charge in [0.1, 0.15) is 18.1 Å². The molecule has 7 heteroatoms. The summed E-state index contributed by atoms with van der Waals surface area (Å²) in [6.45, 7) is 3.06. The number of rotatable bonds is 7. The van der Waals surface area contributed by atoms with Crippen molar-refractivity contribution in [3.63, 3.8) is 0 Å². The van der Waals surface area contributed by atoms with Crippen molar-refractivity contribution in [1.29, 1.82) is 0 Å². The Hall–Kier alpha value is -3.03. The van der Waals surface area contributed by atoms with E-state index in [1.54, 1.807) is 0 Å². The van der Waals surface area contributed by atoms with Gasteiger partial charge in [-0.15, -0.1) is 0 Å². The summed E-state index contributed by atoms with van der Waals surface area (Å²) < 4.78 is 12.3. The highest BCUT2D eigenvalue weighted by Crippen LogP contribution is 2.29. The van der Waals surface area contributed by atoms with Gasteiger partial charge in [-0.05, 0) is 84.4 Å². The SMILES string of the molecule is CCOc1ccc(N=C2NC(=O)/C(=C/c3ccc(OCc4ccc(Br)cc4)cc3)S2)cc1. The minimum atomic E-state index is -0.157. The molecule has 3 aromatic carbocycles. The van der Waals surface area contributed by atoms with Gasteiger partial charge in [-0.3, -0.25) is 4.79 Å². The summed E-state index contributed by atoms with van der Waals surface area (Å²) in [5, 5.41) is 3.37. The Labute approximate surface area is 199 Å². The molecular weight excluding hydrogens is 488 g/mol. The standard InChI is InChI=1S/C25H21BrN2O3S/c1-2-30-21-13-9-20(10-14-21)27-25-28-24(29)23(32-25)15-17-5-11-22(12-6-17)31-16-18-3-7-19(26)8-4-18/h3-15H,2,16H2,1H3,(H,27,28,29)/b23-15-. The van der Waals surface area contributed by atoms with E-state index in [1.807, 2.05) is 85.8 Å². The van der Waals surface area contributed by atoms with Gasteiger partial charge in [0, 0.05) is 4.47 Å². The Morgan fingerprint density at radius 2 is 1.59 bits per heavy atom. The van der Waals surface area contributed by atoms with Gasteiger partial charge in [0.2, 0.25) is 0 Å². The number of halogens is 1. The Balaban J connectivity index is 1.37. The van der Waals surface area contributed by atoms with Gasteiger partial charge >= 0.3 is 0 Å². The fraction of sp³-hybridized carbons (Fsp3) is 0.120. The zero-order valence-electron chi connectivity index (χ0n) is 17.4. The van der Waals surface area contributed by atoms with Crippen LogP contribution in [-0.2, 0) is 11.4 Å². The molecule has 0 unspecified atom stereocenters. The molecule has 0 bridgehead atoms. The van der Waals surface area contributed by atoms with E-state index in [1.165, 1.54) is 11.8 Å². The molecule has 32 heavy (non-hydrogen) atoms. The Bertz CT molecular complexity index is 1140. The van der Waals surface area contributed by atoms with Gasteiger partial charge in [-0.1, -0.05) is 40.2 Å². The molecule has 1 heterocycles. The number of nitrogens with zero attached hydrogens (tertiary/aromatic N) is 1. The average molecular weight is 509 g/mol. The lowest BCUT2D eigenvalue weighted by Gasteiger charge is -2.07. The van der Waals surface area contributed by atoms with Crippen molar-refractivity contribution in [2.24, 2.45) is 4.99 Å². The number of ether oxygens (including phenoxy) is 2. The Morgan fingerprint density at radius 1 is 0.938 bits per heavy atom. The molecule has 0 aliphatic carbocycles. The van der Waals surface area contributed by atoms with Crippen molar-refractivity contribution in [1.82, 2.24) is 5.32 Å². The van der Waals surface area contributed by atoms with Crippen molar-refractivity contribution in [2.75, 3.05) is 6.61 Å². The van der Waals surface area contributed by atoms with Crippen LogP contribution in [0.3, 0.4) is 0 Å². The van der Waals surface area contributed by atoms with Gasteiger partial charge in [0.05, 0.1) is 17.2 Å². The van der Waals surface area contributed by atoms with Crippen molar-refractivity contribution in [2.45, 2.75) is 13.5 Å². The van der Waals surface area contributed by atoms with Crippen molar-refractivity contribution in [3.05, 3.63) is 93.3 Å². The zero-order valence-corrected chi connectivity index (χ0v) is 19.8. The average Bonchev–Trinajstić information content (AvgIpc) is 3.14. The summed E-state index contributed by atoms with van der Waals surface area (Å²) in [7, 11) is 0. The second-order valence-electron chi connectivity index (χ2n) is 6.89. The lowest BCUT2D eigenvalue weighted by Crippen LogP contribution is -2.19. The highest BCUT2D eigenvalue weighted by atomic mass is 79.9. The van der Waals surface area contributed by atoms with E-state index in [9.17, 15) is 4.79 Å². The number of thioether (sulfide) groups is 1. The van der Waals surface area contributed by atoms with Gasteiger partial charge in [0.25, 0.3) is 5.91 Å². The first-order valence-electron chi connectivity index (χ1n) is 10.1. The highest BCUT2D eigenvalue weighted by molar-refractivity contribution is 9.10. The van der Waals surface area contributed by atoms with Crippen LogP contribution in [0.5, 0.6) is 11.5 Å². The number of amides is 1. The molecule has 1 aliphatic rings. The van der Waals surface area contributed by atoms with E-state index in [4.69, 9.17) is 9.47 Å². The number of hydrogen-bond acceptors (Lipinski definition) is 5. The summed E-state index contributed by atoms with van der Waals surface area (Å²) in [6, 6.07) is 23.1. The minimum absolute atomic E-state index is 0.157. The number of carbonyl (C=O) groups is 1.